The first-order valence-electron chi connectivity index (χ1n) is 7.43. The van der Waals surface area contributed by atoms with Gasteiger partial charge in [-0.3, -0.25) is 0 Å². The third-order valence-corrected chi connectivity index (χ3v) is 4.91. The Morgan fingerprint density at radius 2 is 2.00 bits per heavy atom. The van der Waals surface area contributed by atoms with Crippen molar-refractivity contribution < 1.29 is 9.53 Å². The summed E-state index contributed by atoms with van der Waals surface area (Å²) >= 11 is 0. The molecule has 3 fully saturated rings. The highest BCUT2D eigenvalue weighted by atomic mass is 16.5. The van der Waals surface area contributed by atoms with Gasteiger partial charge >= 0.3 is 6.03 Å². The molecule has 3 rings (SSSR count). The Labute approximate surface area is 109 Å². The first-order chi connectivity index (χ1) is 8.74. The van der Waals surface area contributed by atoms with Gasteiger partial charge in [0, 0.05) is 24.1 Å². The van der Waals surface area contributed by atoms with E-state index in [4.69, 9.17) is 4.74 Å². The molecule has 0 heterocycles. The monoisotopic (exact) mass is 252 g/mol. The highest BCUT2D eigenvalue weighted by Crippen LogP contribution is 2.54. The molecule has 3 aliphatic carbocycles. The summed E-state index contributed by atoms with van der Waals surface area (Å²) in [5.74, 6) is 0. The van der Waals surface area contributed by atoms with Gasteiger partial charge in [-0.15, -0.1) is 0 Å². The molecular weight excluding hydrogens is 228 g/mol. The Morgan fingerprint density at radius 3 is 2.61 bits per heavy atom. The lowest BCUT2D eigenvalue weighted by Crippen LogP contribution is -2.64. The molecule has 3 aliphatic rings. The summed E-state index contributed by atoms with van der Waals surface area (Å²) in [6, 6.07) is 0.798. The normalized spacial score (nSPS) is 33.2. The molecule has 102 valence electrons. The first kappa shape index (κ1) is 12.3. The number of hydrogen-bond acceptors (Lipinski definition) is 2. The number of urea groups is 1. The molecule has 18 heavy (non-hydrogen) atoms. The summed E-state index contributed by atoms with van der Waals surface area (Å²) < 4.78 is 5.85. The van der Waals surface area contributed by atoms with Gasteiger partial charge in [-0.25, -0.2) is 4.79 Å². The van der Waals surface area contributed by atoms with Crippen molar-refractivity contribution in [2.75, 3.05) is 6.61 Å². The van der Waals surface area contributed by atoms with Gasteiger partial charge in [0.05, 0.1) is 6.10 Å². The van der Waals surface area contributed by atoms with Gasteiger partial charge in [0.25, 0.3) is 0 Å². The van der Waals surface area contributed by atoms with Crippen molar-refractivity contribution in [1.82, 2.24) is 10.6 Å². The standard InChI is InChI=1S/C14H24N2O2/c1-2-18-12-9-11(14(12)7-3-4-8-14)16-13(17)15-10-5-6-10/h10-12H,2-9H2,1H3,(H2,15,16,17)/t11-,12-/m0/s1. The molecule has 2 atom stereocenters. The molecule has 0 saturated heterocycles. The Balaban J connectivity index is 1.57. The maximum absolute atomic E-state index is 11.8. The van der Waals surface area contributed by atoms with E-state index in [9.17, 15) is 4.79 Å². The second-order valence-corrected chi connectivity index (χ2v) is 6.06. The summed E-state index contributed by atoms with van der Waals surface area (Å²) in [6.45, 7) is 2.84. The molecule has 2 amide bonds. The van der Waals surface area contributed by atoms with Crippen molar-refractivity contribution in [2.45, 2.75) is 70.1 Å². The molecule has 0 aromatic carbocycles. The minimum Gasteiger partial charge on any atom is -0.378 e. The van der Waals surface area contributed by atoms with Gasteiger partial charge in [-0.1, -0.05) is 12.8 Å². The van der Waals surface area contributed by atoms with Crippen LogP contribution in [0.15, 0.2) is 0 Å². The Hall–Kier alpha value is -0.770. The SMILES string of the molecule is CCO[C@H]1C[C@H](NC(=O)NC2CC2)C12CCCC2. The van der Waals surface area contributed by atoms with Gasteiger partial charge in [0.1, 0.15) is 0 Å². The minimum atomic E-state index is 0.0312. The number of amides is 2. The molecule has 1 spiro atoms. The third kappa shape index (κ3) is 2.11. The van der Waals surface area contributed by atoms with Crippen LogP contribution in [0.1, 0.15) is 51.9 Å². The molecule has 4 nitrogen and oxygen atoms in total. The summed E-state index contributed by atoms with van der Waals surface area (Å²) in [6.07, 6.45) is 8.65. The molecule has 0 aromatic heterocycles. The average molecular weight is 252 g/mol. The first-order valence-corrected chi connectivity index (χ1v) is 7.43. The van der Waals surface area contributed by atoms with Crippen LogP contribution < -0.4 is 10.6 Å². The largest absolute Gasteiger partial charge is 0.378 e. The lowest BCUT2D eigenvalue weighted by Gasteiger charge is -2.53. The smallest absolute Gasteiger partial charge is 0.315 e. The van der Waals surface area contributed by atoms with Crippen molar-refractivity contribution in [3.63, 3.8) is 0 Å². The van der Waals surface area contributed by atoms with Gasteiger partial charge in [-0.05, 0) is 39.0 Å². The summed E-state index contributed by atoms with van der Waals surface area (Å²) in [4.78, 5) is 11.8. The van der Waals surface area contributed by atoms with Crippen molar-refractivity contribution in [3.8, 4) is 0 Å². The molecule has 0 aromatic rings. The Kier molecular flexibility index (Phi) is 3.22. The van der Waals surface area contributed by atoms with E-state index in [1.165, 1.54) is 25.7 Å². The topological polar surface area (TPSA) is 50.4 Å². The summed E-state index contributed by atoms with van der Waals surface area (Å²) in [5.41, 5.74) is 0.247. The van der Waals surface area contributed by atoms with Crippen molar-refractivity contribution in [2.24, 2.45) is 5.41 Å². The summed E-state index contributed by atoms with van der Waals surface area (Å²) in [5, 5.41) is 6.19. The number of nitrogens with one attached hydrogen (secondary N) is 2. The zero-order chi connectivity index (χ0) is 12.6. The van der Waals surface area contributed by atoms with Crippen LogP contribution in [0.3, 0.4) is 0 Å². The van der Waals surface area contributed by atoms with E-state index in [0.29, 0.717) is 18.2 Å². The number of ether oxygens (including phenoxy) is 1. The van der Waals surface area contributed by atoms with Gasteiger partial charge in [-0.2, -0.15) is 0 Å². The van der Waals surface area contributed by atoms with Gasteiger partial charge in [0.15, 0.2) is 0 Å². The lowest BCUT2D eigenvalue weighted by molar-refractivity contribution is -0.126. The van der Waals surface area contributed by atoms with Crippen LogP contribution in [-0.4, -0.2) is 30.8 Å². The minimum absolute atomic E-state index is 0.0312. The third-order valence-electron chi connectivity index (χ3n) is 4.91. The van der Waals surface area contributed by atoms with E-state index < -0.39 is 0 Å². The highest BCUT2D eigenvalue weighted by Gasteiger charge is 2.57. The van der Waals surface area contributed by atoms with E-state index >= 15 is 0 Å². The lowest BCUT2D eigenvalue weighted by atomic mass is 9.60. The van der Waals surface area contributed by atoms with Crippen molar-refractivity contribution in [3.05, 3.63) is 0 Å². The predicted octanol–water partition coefficient (Wildman–Crippen LogP) is 2.19. The van der Waals surface area contributed by atoms with Crippen LogP contribution in [0, 0.1) is 5.41 Å². The zero-order valence-electron chi connectivity index (χ0n) is 11.2. The van der Waals surface area contributed by atoms with Crippen LogP contribution >= 0.6 is 0 Å². The molecule has 3 saturated carbocycles. The number of carbonyl (C=O) groups is 1. The Bertz CT molecular complexity index is 322. The fourth-order valence-electron chi connectivity index (χ4n) is 3.70. The fraction of sp³-hybridized carbons (Fsp3) is 0.929. The summed E-state index contributed by atoms with van der Waals surface area (Å²) in [7, 11) is 0. The molecule has 0 radical (unpaired) electrons. The molecule has 0 unspecified atom stereocenters. The van der Waals surface area contributed by atoms with E-state index in [1.807, 2.05) is 0 Å². The quantitative estimate of drug-likeness (QED) is 0.805. The number of carbonyl (C=O) groups excluding carboxylic acids is 1. The number of rotatable bonds is 4. The molecule has 0 bridgehead atoms. The van der Waals surface area contributed by atoms with Gasteiger partial charge in [0.2, 0.25) is 0 Å². The second kappa shape index (κ2) is 4.72. The van der Waals surface area contributed by atoms with Crippen LogP contribution in [0.5, 0.6) is 0 Å². The molecule has 4 heteroatoms. The maximum atomic E-state index is 11.8. The van der Waals surface area contributed by atoms with E-state index in [-0.39, 0.29) is 11.4 Å². The highest BCUT2D eigenvalue weighted by molar-refractivity contribution is 5.75. The average Bonchev–Trinajstić information content (AvgIpc) is 2.98. The van der Waals surface area contributed by atoms with Crippen LogP contribution in [-0.2, 0) is 4.74 Å². The molecule has 2 N–H and O–H groups in total. The van der Waals surface area contributed by atoms with Gasteiger partial charge < -0.3 is 15.4 Å². The van der Waals surface area contributed by atoms with Crippen LogP contribution in [0.2, 0.25) is 0 Å². The van der Waals surface area contributed by atoms with E-state index in [1.54, 1.807) is 0 Å². The van der Waals surface area contributed by atoms with Crippen molar-refractivity contribution in [1.29, 1.82) is 0 Å². The van der Waals surface area contributed by atoms with Crippen LogP contribution in [0.4, 0.5) is 4.79 Å². The second-order valence-electron chi connectivity index (χ2n) is 6.06. The molecule has 0 aliphatic heterocycles. The Morgan fingerprint density at radius 1 is 1.28 bits per heavy atom. The van der Waals surface area contributed by atoms with Crippen LogP contribution in [0.25, 0.3) is 0 Å². The maximum Gasteiger partial charge on any atom is 0.315 e. The number of hydrogen-bond donors (Lipinski definition) is 2. The van der Waals surface area contributed by atoms with E-state index in [2.05, 4.69) is 17.6 Å². The fourth-order valence-corrected chi connectivity index (χ4v) is 3.70. The zero-order valence-corrected chi connectivity index (χ0v) is 11.2. The van der Waals surface area contributed by atoms with E-state index in [0.717, 1.165) is 25.9 Å². The van der Waals surface area contributed by atoms with Crippen molar-refractivity contribution >= 4 is 6.03 Å². The molecular formula is C14H24N2O2. The predicted molar refractivity (Wildman–Crippen MR) is 69.4 cm³/mol.